The first-order chi connectivity index (χ1) is 15.4. The van der Waals surface area contributed by atoms with E-state index in [0.29, 0.717) is 17.7 Å². The van der Waals surface area contributed by atoms with Crippen LogP contribution < -0.4 is 15.0 Å². The predicted octanol–water partition coefficient (Wildman–Crippen LogP) is 4.77. The molecule has 1 aliphatic carbocycles. The lowest BCUT2D eigenvalue weighted by molar-refractivity contribution is -0.274. The summed E-state index contributed by atoms with van der Waals surface area (Å²) in [6, 6.07) is 6.77. The molecule has 13 heteroatoms. The largest absolute Gasteiger partial charge is 0.573 e. The number of amides is 1. The zero-order valence-electron chi connectivity index (χ0n) is 17.0. The number of para-hydroxylation sites is 2. The number of fused-ring (bicyclic) bond motifs is 1. The lowest BCUT2D eigenvalue weighted by atomic mass is 9.99. The highest BCUT2D eigenvalue weighted by Gasteiger charge is 2.39. The van der Waals surface area contributed by atoms with Crippen LogP contribution in [0.2, 0.25) is 0 Å². The molecule has 2 aliphatic rings. The van der Waals surface area contributed by atoms with Crippen LogP contribution in [-0.4, -0.2) is 36.5 Å². The first-order valence-corrected chi connectivity index (χ1v) is 12.2. The molecule has 0 saturated heterocycles. The molecule has 2 aromatic rings. The minimum absolute atomic E-state index is 0.0129. The van der Waals surface area contributed by atoms with E-state index in [0.717, 1.165) is 24.8 Å². The summed E-state index contributed by atoms with van der Waals surface area (Å²) in [6.07, 6.45) is -3.73. The number of anilines is 2. The van der Waals surface area contributed by atoms with Crippen LogP contribution in [-0.2, 0) is 10.1 Å². The number of benzene rings is 2. The molecule has 1 heterocycles. The monoisotopic (exact) mass is 506 g/mol. The van der Waals surface area contributed by atoms with Gasteiger partial charge in [0.15, 0.2) is 16.9 Å². The Bertz CT molecular complexity index is 1220. The van der Waals surface area contributed by atoms with Crippen LogP contribution in [0, 0.1) is 5.82 Å². The normalized spacial score (nSPS) is 17.0. The van der Waals surface area contributed by atoms with Gasteiger partial charge in [-0.05, 0) is 43.9 Å². The zero-order valence-corrected chi connectivity index (χ0v) is 18.7. The second-order valence-corrected chi connectivity index (χ2v) is 10.3. The van der Waals surface area contributed by atoms with Crippen molar-refractivity contribution in [1.82, 2.24) is 5.32 Å². The number of carbonyl (C=O) groups is 1. The fourth-order valence-corrected chi connectivity index (χ4v) is 4.90. The number of nitrogens with zero attached hydrogens (tertiary/aromatic N) is 1. The number of ether oxygens (including phenoxy) is 1. The number of thioether (sulfide) groups is 1. The molecule has 1 atom stereocenters. The number of hydrogen-bond donors (Lipinski definition) is 2. The van der Waals surface area contributed by atoms with Crippen LogP contribution in [0.1, 0.15) is 41.6 Å². The average Bonchev–Trinajstić information content (AvgIpc) is 3.44. The van der Waals surface area contributed by atoms with Crippen molar-refractivity contribution in [2.75, 3.05) is 10.8 Å². The van der Waals surface area contributed by atoms with Gasteiger partial charge in [-0.25, -0.2) is 4.39 Å². The van der Waals surface area contributed by atoms with Crippen LogP contribution in [0.5, 0.6) is 5.75 Å². The molecule has 0 aromatic heterocycles. The molecule has 1 amide bonds. The van der Waals surface area contributed by atoms with Crippen molar-refractivity contribution < 1.29 is 40.1 Å². The molecule has 7 nitrogen and oxygen atoms in total. The highest BCUT2D eigenvalue weighted by molar-refractivity contribution is 7.99. The van der Waals surface area contributed by atoms with Gasteiger partial charge >= 0.3 is 6.36 Å². The standard InChI is InChI=1S/C20H18F4N2O5S2/c1-10(33(28,29)30)25-19(27)12-8-15-18(17(21)16(12)11-6-7-11)26(9-32-15)13-4-2-3-5-14(13)31-20(22,23)24/h2-5,8,10-11H,6-7,9H2,1H3,(H,25,27)(H,28,29,30). The Balaban J connectivity index is 1.77. The van der Waals surface area contributed by atoms with E-state index >= 15 is 4.39 Å². The summed E-state index contributed by atoms with van der Waals surface area (Å²) in [4.78, 5) is 14.4. The van der Waals surface area contributed by atoms with Gasteiger partial charge in [0.1, 0.15) is 0 Å². The fourth-order valence-electron chi connectivity index (χ4n) is 3.57. The molecule has 4 rings (SSSR count). The van der Waals surface area contributed by atoms with Crippen molar-refractivity contribution >= 4 is 39.2 Å². The Kier molecular flexibility index (Phi) is 5.99. The fraction of sp³-hybridized carbons (Fsp3) is 0.350. The number of nitrogens with one attached hydrogen (secondary N) is 1. The molecule has 1 fully saturated rings. The predicted molar refractivity (Wildman–Crippen MR) is 113 cm³/mol. The summed E-state index contributed by atoms with van der Waals surface area (Å²) in [5, 5.41) is 0.536. The highest BCUT2D eigenvalue weighted by atomic mass is 32.2. The topological polar surface area (TPSA) is 95.9 Å². The van der Waals surface area contributed by atoms with Crippen molar-refractivity contribution in [1.29, 1.82) is 0 Å². The van der Waals surface area contributed by atoms with Crippen molar-refractivity contribution in [3.05, 3.63) is 47.3 Å². The molecule has 1 unspecified atom stereocenters. The maximum absolute atomic E-state index is 15.8. The van der Waals surface area contributed by atoms with Gasteiger partial charge in [-0.2, -0.15) is 8.42 Å². The van der Waals surface area contributed by atoms with Crippen LogP contribution in [0.15, 0.2) is 35.2 Å². The Morgan fingerprint density at radius 3 is 2.58 bits per heavy atom. The van der Waals surface area contributed by atoms with Crippen LogP contribution in [0.3, 0.4) is 0 Å². The molecule has 178 valence electrons. The van der Waals surface area contributed by atoms with Crippen LogP contribution in [0.4, 0.5) is 28.9 Å². The lowest BCUT2D eigenvalue weighted by Gasteiger charge is -2.24. The van der Waals surface area contributed by atoms with Gasteiger partial charge in [-0.1, -0.05) is 12.1 Å². The zero-order chi connectivity index (χ0) is 24.1. The third kappa shape index (κ3) is 4.89. The third-order valence-corrected chi connectivity index (χ3v) is 7.28. The van der Waals surface area contributed by atoms with Gasteiger partial charge in [0.25, 0.3) is 16.0 Å². The maximum atomic E-state index is 15.8. The van der Waals surface area contributed by atoms with Gasteiger partial charge in [-0.3, -0.25) is 9.35 Å². The van der Waals surface area contributed by atoms with Crippen LogP contribution in [0.25, 0.3) is 0 Å². The summed E-state index contributed by atoms with van der Waals surface area (Å²) in [5.41, 5.74) is 0.0346. The smallest absolute Gasteiger partial charge is 0.404 e. The minimum Gasteiger partial charge on any atom is -0.404 e. The summed E-state index contributed by atoms with van der Waals surface area (Å²) in [5.74, 6) is -2.34. The van der Waals surface area contributed by atoms with Crippen molar-refractivity contribution in [2.45, 2.75) is 42.3 Å². The molecular formula is C20H18F4N2O5S2. The van der Waals surface area contributed by atoms with E-state index in [1.54, 1.807) is 0 Å². The molecule has 1 aliphatic heterocycles. The Hall–Kier alpha value is -2.51. The molecule has 0 bridgehead atoms. The summed E-state index contributed by atoms with van der Waals surface area (Å²) in [7, 11) is -4.55. The Morgan fingerprint density at radius 1 is 1.30 bits per heavy atom. The number of alkyl halides is 3. The van der Waals surface area contributed by atoms with E-state index in [4.69, 9.17) is 4.55 Å². The number of rotatable bonds is 6. The lowest BCUT2D eigenvalue weighted by Crippen LogP contribution is -2.38. The van der Waals surface area contributed by atoms with E-state index in [1.807, 2.05) is 0 Å². The van der Waals surface area contributed by atoms with E-state index in [2.05, 4.69) is 10.1 Å². The SMILES string of the molecule is CC(NC(=O)c1cc2c(c(F)c1C1CC1)N(c1ccccc1OC(F)(F)F)CS2)S(=O)(=O)O. The summed E-state index contributed by atoms with van der Waals surface area (Å²) < 4.78 is 90.2. The first kappa shape index (κ1) is 23.6. The van der Waals surface area contributed by atoms with Crippen molar-refractivity contribution in [2.24, 2.45) is 0 Å². The molecule has 2 N–H and O–H groups in total. The quantitative estimate of drug-likeness (QED) is 0.431. The minimum atomic E-state index is -4.94. The van der Waals surface area contributed by atoms with Gasteiger partial charge in [0.05, 0.1) is 17.3 Å². The van der Waals surface area contributed by atoms with Gasteiger partial charge < -0.3 is 15.0 Å². The molecule has 1 saturated carbocycles. The molecule has 0 radical (unpaired) electrons. The average molecular weight is 506 g/mol. The van der Waals surface area contributed by atoms with E-state index < -0.39 is 39.3 Å². The van der Waals surface area contributed by atoms with E-state index in [1.165, 1.54) is 29.2 Å². The van der Waals surface area contributed by atoms with E-state index in [9.17, 15) is 26.4 Å². The van der Waals surface area contributed by atoms with Crippen molar-refractivity contribution in [3.8, 4) is 5.75 Å². The molecule has 2 aromatic carbocycles. The highest BCUT2D eigenvalue weighted by Crippen LogP contribution is 2.52. The molecule has 33 heavy (non-hydrogen) atoms. The Labute approximate surface area is 190 Å². The third-order valence-electron chi connectivity index (χ3n) is 5.26. The number of halogens is 4. The molecule has 0 spiro atoms. The Morgan fingerprint density at radius 2 is 1.97 bits per heavy atom. The van der Waals surface area contributed by atoms with Crippen LogP contribution >= 0.6 is 11.8 Å². The van der Waals surface area contributed by atoms with Gasteiger partial charge in [-0.15, -0.1) is 24.9 Å². The maximum Gasteiger partial charge on any atom is 0.573 e. The first-order valence-electron chi connectivity index (χ1n) is 9.75. The number of carbonyl (C=O) groups excluding carboxylic acids is 1. The summed E-state index contributed by atoms with van der Waals surface area (Å²) in [6.45, 7) is 1.07. The van der Waals surface area contributed by atoms with Gasteiger partial charge in [0, 0.05) is 16.0 Å². The second-order valence-electron chi connectivity index (χ2n) is 7.62. The second kappa shape index (κ2) is 8.37. The summed E-state index contributed by atoms with van der Waals surface area (Å²) >= 11 is 1.11. The van der Waals surface area contributed by atoms with Gasteiger partial charge in [0.2, 0.25) is 0 Å². The van der Waals surface area contributed by atoms with E-state index in [-0.39, 0.29) is 34.3 Å². The molecular weight excluding hydrogens is 488 g/mol. The van der Waals surface area contributed by atoms with Crippen molar-refractivity contribution in [3.63, 3.8) is 0 Å². The number of hydrogen-bond acceptors (Lipinski definition) is 6.